The molecule has 0 aliphatic heterocycles. The van der Waals surface area contributed by atoms with Crippen molar-refractivity contribution in [2.24, 2.45) is 0 Å². The quantitative estimate of drug-likeness (QED) is 0.245. The Labute approximate surface area is 203 Å². The van der Waals surface area contributed by atoms with Crippen molar-refractivity contribution in [3.63, 3.8) is 0 Å². The summed E-state index contributed by atoms with van der Waals surface area (Å²) >= 11 is 18.4. The molecule has 3 aromatic rings. The third kappa shape index (κ3) is 5.96. The second kappa shape index (κ2) is 10.6. The molecule has 10 heteroatoms. The van der Waals surface area contributed by atoms with Gasteiger partial charge in [0.15, 0.2) is 11.5 Å². The summed E-state index contributed by atoms with van der Waals surface area (Å²) < 4.78 is 10.4. The van der Waals surface area contributed by atoms with Crippen LogP contribution in [0.2, 0.25) is 15.1 Å². The minimum atomic E-state index is -1.05. The molecule has 0 aromatic heterocycles. The van der Waals surface area contributed by atoms with Gasteiger partial charge in [0, 0.05) is 16.3 Å². The molecule has 0 fully saturated rings. The summed E-state index contributed by atoms with van der Waals surface area (Å²) in [6, 6.07) is 12.9. The van der Waals surface area contributed by atoms with Gasteiger partial charge in [-0.3, -0.25) is 9.59 Å². The van der Waals surface area contributed by atoms with Crippen molar-refractivity contribution in [2.75, 3.05) is 11.9 Å². The lowest BCUT2D eigenvalue weighted by molar-refractivity contribution is -0.152. The zero-order valence-electron chi connectivity index (χ0n) is 17.0. The van der Waals surface area contributed by atoms with E-state index in [4.69, 9.17) is 39.5 Å². The highest BCUT2D eigenvalue weighted by Gasteiger charge is 2.19. The van der Waals surface area contributed by atoms with Crippen molar-refractivity contribution < 1.29 is 29.0 Å². The SMILES string of the molecule is CCOC(=O)C(=O)Nc1cc(Cl)c(Oc2ccc(O)c(C(=O)c3ccc(Cl)cc3)c2)c(Cl)c1. The smallest absolute Gasteiger partial charge is 0.397 e. The molecule has 0 aliphatic carbocycles. The molecule has 0 bridgehead atoms. The van der Waals surface area contributed by atoms with E-state index in [2.05, 4.69) is 10.1 Å². The zero-order chi connectivity index (χ0) is 24.1. The largest absolute Gasteiger partial charge is 0.507 e. The summed E-state index contributed by atoms with van der Waals surface area (Å²) in [5.41, 5.74) is 0.477. The summed E-state index contributed by atoms with van der Waals surface area (Å²) in [4.78, 5) is 36.1. The van der Waals surface area contributed by atoms with Crippen LogP contribution in [0.1, 0.15) is 22.8 Å². The van der Waals surface area contributed by atoms with Crippen molar-refractivity contribution >= 4 is 58.1 Å². The molecule has 0 aliphatic rings. The van der Waals surface area contributed by atoms with Gasteiger partial charge in [-0.25, -0.2) is 4.79 Å². The molecule has 0 saturated carbocycles. The lowest BCUT2D eigenvalue weighted by Crippen LogP contribution is -2.24. The van der Waals surface area contributed by atoms with E-state index in [0.717, 1.165) is 0 Å². The average molecular weight is 509 g/mol. The van der Waals surface area contributed by atoms with Gasteiger partial charge in [-0.15, -0.1) is 0 Å². The van der Waals surface area contributed by atoms with Crippen molar-refractivity contribution in [3.05, 3.63) is 80.8 Å². The number of benzene rings is 3. The van der Waals surface area contributed by atoms with Gasteiger partial charge in [0.05, 0.1) is 22.2 Å². The van der Waals surface area contributed by atoms with Crippen molar-refractivity contribution in [2.45, 2.75) is 6.92 Å². The Balaban J connectivity index is 1.84. The van der Waals surface area contributed by atoms with Crippen LogP contribution in [0.5, 0.6) is 17.2 Å². The Bertz CT molecular complexity index is 1200. The Morgan fingerprint density at radius 2 is 1.58 bits per heavy atom. The molecule has 33 heavy (non-hydrogen) atoms. The Morgan fingerprint density at radius 1 is 0.939 bits per heavy atom. The lowest BCUT2D eigenvalue weighted by atomic mass is 10.0. The summed E-state index contributed by atoms with van der Waals surface area (Å²) in [5.74, 6) is -2.49. The number of amides is 1. The van der Waals surface area contributed by atoms with Crippen LogP contribution in [0.15, 0.2) is 54.6 Å². The summed E-state index contributed by atoms with van der Waals surface area (Å²) in [5, 5.41) is 13.0. The first-order chi connectivity index (χ1) is 15.7. The number of anilines is 1. The van der Waals surface area contributed by atoms with Gasteiger partial charge in [-0.1, -0.05) is 34.8 Å². The third-order valence-corrected chi connectivity index (χ3v) is 5.07. The monoisotopic (exact) mass is 507 g/mol. The standard InChI is InChI=1S/C23H16Cl3NO6/c1-2-32-23(31)22(30)27-14-9-17(25)21(18(26)10-14)33-15-7-8-19(28)16(11-15)20(29)12-3-5-13(24)6-4-12/h3-11,28H,2H2,1H3,(H,27,30). The van der Waals surface area contributed by atoms with Gasteiger partial charge < -0.3 is 19.9 Å². The van der Waals surface area contributed by atoms with Crippen LogP contribution >= 0.6 is 34.8 Å². The fourth-order valence-corrected chi connectivity index (χ4v) is 3.43. The molecule has 0 radical (unpaired) electrons. The Morgan fingerprint density at radius 3 is 2.18 bits per heavy atom. The molecule has 0 saturated heterocycles. The number of esters is 1. The van der Waals surface area contributed by atoms with Crippen molar-refractivity contribution in [1.82, 2.24) is 0 Å². The van der Waals surface area contributed by atoms with E-state index in [1.54, 1.807) is 19.1 Å². The van der Waals surface area contributed by atoms with Crippen LogP contribution in [-0.4, -0.2) is 29.4 Å². The fourth-order valence-electron chi connectivity index (χ4n) is 2.74. The number of carbonyl (C=O) groups excluding carboxylic acids is 3. The number of ketones is 1. The predicted octanol–water partition coefficient (Wildman–Crippen LogP) is 5.88. The molecule has 0 heterocycles. The van der Waals surface area contributed by atoms with Gasteiger partial charge in [0.1, 0.15) is 11.5 Å². The first-order valence-electron chi connectivity index (χ1n) is 9.48. The van der Waals surface area contributed by atoms with Crippen LogP contribution in [0.4, 0.5) is 5.69 Å². The van der Waals surface area contributed by atoms with Crippen molar-refractivity contribution in [1.29, 1.82) is 0 Å². The minimum Gasteiger partial charge on any atom is -0.507 e. The topological polar surface area (TPSA) is 102 Å². The van der Waals surface area contributed by atoms with E-state index in [9.17, 15) is 19.5 Å². The molecule has 7 nitrogen and oxygen atoms in total. The van der Waals surface area contributed by atoms with Gasteiger partial charge in [-0.05, 0) is 61.5 Å². The van der Waals surface area contributed by atoms with Crippen LogP contribution < -0.4 is 10.1 Å². The first kappa shape index (κ1) is 24.4. The highest BCUT2D eigenvalue weighted by Crippen LogP contribution is 2.39. The third-order valence-electron chi connectivity index (χ3n) is 4.26. The van der Waals surface area contributed by atoms with E-state index in [0.29, 0.717) is 10.6 Å². The summed E-state index contributed by atoms with van der Waals surface area (Å²) in [6.45, 7) is 1.62. The van der Waals surface area contributed by atoms with Crippen LogP contribution in [0, 0.1) is 0 Å². The maximum absolute atomic E-state index is 12.8. The highest BCUT2D eigenvalue weighted by atomic mass is 35.5. The van der Waals surface area contributed by atoms with E-state index >= 15 is 0 Å². The highest BCUT2D eigenvalue weighted by molar-refractivity contribution is 6.39. The number of phenolic OH excluding ortho intramolecular Hbond substituents is 1. The minimum absolute atomic E-state index is 0.000359. The number of ether oxygens (including phenoxy) is 2. The summed E-state index contributed by atoms with van der Waals surface area (Å²) in [7, 11) is 0. The maximum atomic E-state index is 12.8. The van der Waals surface area contributed by atoms with Crippen LogP contribution in [0.25, 0.3) is 0 Å². The Kier molecular flexibility index (Phi) is 7.81. The molecule has 0 atom stereocenters. The molecular formula is C23H16Cl3NO6. The fraction of sp³-hybridized carbons (Fsp3) is 0.0870. The van der Waals surface area contributed by atoms with E-state index in [1.165, 1.54) is 42.5 Å². The van der Waals surface area contributed by atoms with E-state index in [-0.39, 0.29) is 45.2 Å². The number of phenols is 1. The number of halogens is 3. The van der Waals surface area contributed by atoms with Crippen LogP contribution in [0.3, 0.4) is 0 Å². The molecule has 3 rings (SSSR count). The van der Waals surface area contributed by atoms with Crippen molar-refractivity contribution in [3.8, 4) is 17.2 Å². The van der Waals surface area contributed by atoms with E-state index < -0.39 is 17.7 Å². The van der Waals surface area contributed by atoms with Gasteiger partial charge >= 0.3 is 11.9 Å². The Hall–Kier alpha value is -3.26. The summed E-state index contributed by atoms with van der Waals surface area (Å²) in [6.07, 6.45) is 0. The second-order valence-electron chi connectivity index (χ2n) is 6.56. The number of nitrogens with one attached hydrogen (secondary N) is 1. The zero-order valence-corrected chi connectivity index (χ0v) is 19.3. The number of carbonyl (C=O) groups is 3. The molecule has 2 N–H and O–H groups in total. The van der Waals surface area contributed by atoms with Gasteiger partial charge in [-0.2, -0.15) is 0 Å². The molecule has 170 valence electrons. The average Bonchev–Trinajstić information content (AvgIpc) is 2.77. The number of rotatable bonds is 6. The number of hydrogen-bond donors (Lipinski definition) is 2. The van der Waals surface area contributed by atoms with Crippen LogP contribution in [-0.2, 0) is 14.3 Å². The molecule has 0 unspecified atom stereocenters. The molecular weight excluding hydrogens is 493 g/mol. The van der Waals surface area contributed by atoms with Gasteiger partial charge in [0.25, 0.3) is 0 Å². The lowest BCUT2D eigenvalue weighted by Gasteiger charge is -2.13. The number of aromatic hydroxyl groups is 1. The maximum Gasteiger partial charge on any atom is 0.397 e. The predicted molar refractivity (Wildman–Crippen MR) is 125 cm³/mol. The van der Waals surface area contributed by atoms with Gasteiger partial charge in [0.2, 0.25) is 0 Å². The van der Waals surface area contributed by atoms with E-state index in [1.807, 2.05) is 0 Å². The molecule has 3 aromatic carbocycles. The molecule has 1 amide bonds. The number of hydrogen-bond acceptors (Lipinski definition) is 6. The second-order valence-corrected chi connectivity index (χ2v) is 7.81. The first-order valence-corrected chi connectivity index (χ1v) is 10.6. The molecule has 0 spiro atoms. The normalized spacial score (nSPS) is 10.4.